The molecule has 4 nitrogen and oxygen atoms in total. The van der Waals surface area contributed by atoms with Crippen LogP contribution in [0.15, 0.2) is 36.5 Å². The normalized spacial score (nSPS) is 19.7. The highest BCUT2D eigenvalue weighted by Crippen LogP contribution is 2.23. The lowest BCUT2D eigenvalue weighted by atomic mass is 9.94. The zero-order valence-corrected chi connectivity index (χ0v) is 12.0. The average molecular weight is 284 g/mol. The molecule has 110 valence electrons. The Bertz CT molecular complexity index is 636. The Hall–Kier alpha value is -1.94. The number of carbonyl (C=O) groups is 1. The molecule has 1 unspecified atom stereocenters. The lowest BCUT2D eigenvalue weighted by molar-refractivity contribution is -0.138. The third-order valence-electron chi connectivity index (χ3n) is 4.18. The quantitative estimate of drug-likeness (QED) is 0.938. The number of para-hydroxylation sites is 1. The predicted octanol–water partition coefficient (Wildman–Crippen LogP) is 2.92. The van der Waals surface area contributed by atoms with Gasteiger partial charge in [0.25, 0.3) is 0 Å². The Labute approximate surface area is 124 Å². The van der Waals surface area contributed by atoms with E-state index in [1.165, 1.54) is 5.56 Å². The van der Waals surface area contributed by atoms with E-state index in [0.717, 1.165) is 43.4 Å². The van der Waals surface area contributed by atoms with E-state index in [1.54, 1.807) is 0 Å². The van der Waals surface area contributed by atoms with Gasteiger partial charge < -0.3 is 5.11 Å². The maximum atomic E-state index is 10.9. The monoisotopic (exact) mass is 284 g/mol. The summed E-state index contributed by atoms with van der Waals surface area (Å²) in [5.41, 5.74) is 2.28. The van der Waals surface area contributed by atoms with Gasteiger partial charge in [-0.05, 0) is 36.9 Å². The highest BCUT2D eigenvalue weighted by molar-refractivity contribution is 5.81. The Balaban J connectivity index is 1.74. The summed E-state index contributed by atoms with van der Waals surface area (Å²) < 4.78 is 0. The molecule has 2 aromatic rings. The molecule has 3 rings (SSSR count). The molecule has 0 aliphatic carbocycles. The third-order valence-corrected chi connectivity index (χ3v) is 4.18. The second kappa shape index (κ2) is 6.22. The summed E-state index contributed by atoms with van der Waals surface area (Å²) in [7, 11) is 0. The summed E-state index contributed by atoms with van der Waals surface area (Å²) in [6.45, 7) is 2.76. The van der Waals surface area contributed by atoms with Crippen LogP contribution in [0.4, 0.5) is 0 Å². The molecule has 1 N–H and O–H groups in total. The van der Waals surface area contributed by atoms with E-state index < -0.39 is 5.97 Å². The minimum Gasteiger partial charge on any atom is -0.481 e. The smallest absolute Gasteiger partial charge is 0.303 e. The second-order valence-corrected chi connectivity index (χ2v) is 5.83. The number of hydrogen-bond donors (Lipinski definition) is 1. The molecule has 1 aliphatic heterocycles. The largest absolute Gasteiger partial charge is 0.481 e. The van der Waals surface area contributed by atoms with E-state index in [1.807, 2.05) is 12.3 Å². The molecular formula is C17H20N2O2. The maximum absolute atomic E-state index is 10.9. The van der Waals surface area contributed by atoms with Gasteiger partial charge in [0, 0.05) is 31.1 Å². The van der Waals surface area contributed by atoms with Gasteiger partial charge in [0.2, 0.25) is 0 Å². The van der Waals surface area contributed by atoms with Crippen LogP contribution in [0.3, 0.4) is 0 Å². The van der Waals surface area contributed by atoms with Crippen molar-refractivity contribution in [1.29, 1.82) is 0 Å². The first-order valence-corrected chi connectivity index (χ1v) is 7.49. The number of nitrogens with zero attached hydrogens (tertiary/aromatic N) is 2. The number of hydrogen-bond acceptors (Lipinski definition) is 3. The highest BCUT2D eigenvalue weighted by Gasteiger charge is 2.22. The van der Waals surface area contributed by atoms with Gasteiger partial charge >= 0.3 is 5.97 Å². The van der Waals surface area contributed by atoms with Crippen LogP contribution in [-0.4, -0.2) is 34.0 Å². The Morgan fingerprint density at radius 2 is 2.19 bits per heavy atom. The molecule has 2 heterocycles. The summed E-state index contributed by atoms with van der Waals surface area (Å²) in [4.78, 5) is 17.7. The number of piperidine rings is 1. The van der Waals surface area contributed by atoms with Gasteiger partial charge in [-0.2, -0.15) is 0 Å². The molecule has 0 saturated carbocycles. The summed E-state index contributed by atoms with van der Waals surface area (Å²) in [5.74, 6) is -0.409. The number of benzene rings is 1. The lowest BCUT2D eigenvalue weighted by Crippen LogP contribution is -2.35. The van der Waals surface area contributed by atoms with Crippen molar-refractivity contribution >= 4 is 16.9 Å². The van der Waals surface area contributed by atoms with Gasteiger partial charge in [0.1, 0.15) is 0 Å². The number of carboxylic acids is 1. The maximum Gasteiger partial charge on any atom is 0.303 e. The number of carboxylic acid groups (broad SMARTS) is 1. The van der Waals surface area contributed by atoms with E-state index in [2.05, 4.69) is 34.1 Å². The molecule has 0 radical (unpaired) electrons. The SMILES string of the molecule is O=C(O)CC1CCCN(Cc2cccc3cccnc23)C1. The second-order valence-electron chi connectivity index (χ2n) is 5.83. The van der Waals surface area contributed by atoms with E-state index in [9.17, 15) is 4.79 Å². The molecular weight excluding hydrogens is 264 g/mol. The number of aromatic nitrogens is 1. The molecule has 0 bridgehead atoms. The van der Waals surface area contributed by atoms with E-state index in [4.69, 9.17) is 5.11 Å². The average Bonchev–Trinajstić information content (AvgIpc) is 2.47. The Morgan fingerprint density at radius 3 is 3.05 bits per heavy atom. The van der Waals surface area contributed by atoms with Gasteiger partial charge in [-0.15, -0.1) is 0 Å². The fourth-order valence-electron chi connectivity index (χ4n) is 3.24. The van der Waals surface area contributed by atoms with Crippen molar-refractivity contribution < 1.29 is 9.90 Å². The minimum absolute atomic E-state index is 0.277. The van der Waals surface area contributed by atoms with Crippen LogP contribution in [0.1, 0.15) is 24.8 Å². The molecule has 4 heteroatoms. The first-order valence-electron chi connectivity index (χ1n) is 7.49. The van der Waals surface area contributed by atoms with Crippen molar-refractivity contribution in [2.24, 2.45) is 5.92 Å². The summed E-state index contributed by atoms with van der Waals surface area (Å²) in [6, 6.07) is 10.3. The fraction of sp³-hybridized carbons (Fsp3) is 0.412. The van der Waals surface area contributed by atoms with Crippen LogP contribution in [0.2, 0.25) is 0 Å². The van der Waals surface area contributed by atoms with Crippen LogP contribution >= 0.6 is 0 Å². The van der Waals surface area contributed by atoms with Crippen molar-refractivity contribution in [2.75, 3.05) is 13.1 Å². The van der Waals surface area contributed by atoms with Crippen molar-refractivity contribution in [3.05, 3.63) is 42.1 Å². The zero-order valence-electron chi connectivity index (χ0n) is 12.0. The Morgan fingerprint density at radius 1 is 1.33 bits per heavy atom. The predicted molar refractivity (Wildman–Crippen MR) is 82.0 cm³/mol. The van der Waals surface area contributed by atoms with E-state index in [-0.39, 0.29) is 12.3 Å². The van der Waals surface area contributed by atoms with Crippen molar-refractivity contribution in [3.8, 4) is 0 Å². The van der Waals surface area contributed by atoms with Crippen molar-refractivity contribution in [2.45, 2.75) is 25.8 Å². The summed E-state index contributed by atoms with van der Waals surface area (Å²) in [6.07, 6.45) is 4.21. The molecule has 1 fully saturated rings. The first-order chi connectivity index (χ1) is 10.2. The molecule has 1 aromatic carbocycles. The van der Waals surface area contributed by atoms with Gasteiger partial charge in [0.15, 0.2) is 0 Å². The van der Waals surface area contributed by atoms with Crippen LogP contribution in [0.5, 0.6) is 0 Å². The van der Waals surface area contributed by atoms with Gasteiger partial charge in [-0.1, -0.05) is 24.3 Å². The number of aliphatic carboxylic acids is 1. The molecule has 1 aromatic heterocycles. The van der Waals surface area contributed by atoms with Gasteiger partial charge in [-0.3, -0.25) is 14.7 Å². The topological polar surface area (TPSA) is 53.4 Å². The third kappa shape index (κ3) is 3.39. The van der Waals surface area contributed by atoms with Gasteiger partial charge in [0.05, 0.1) is 5.52 Å². The minimum atomic E-state index is -0.686. The first kappa shape index (κ1) is 14.0. The summed E-state index contributed by atoms with van der Waals surface area (Å²) in [5, 5.41) is 10.1. The lowest BCUT2D eigenvalue weighted by Gasteiger charge is -2.32. The molecule has 0 amide bonds. The molecule has 1 atom stereocenters. The zero-order chi connectivity index (χ0) is 14.7. The van der Waals surface area contributed by atoms with Crippen LogP contribution in [0.25, 0.3) is 10.9 Å². The standard InChI is InChI=1S/C17H20N2O2/c20-16(21)10-13-4-3-9-19(11-13)12-15-6-1-5-14-7-2-8-18-17(14)15/h1-2,5-8,13H,3-4,9-12H2,(H,20,21). The van der Waals surface area contributed by atoms with Crippen LogP contribution in [0, 0.1) is 5.92 Å². The Kier molecular flexibility index (Phi) is 4.15. The highest BCUT2D eigenvalue weighted by atomic mass is 16.4. The molecule has 0 spiro atoms. The fourth-order valence-corrected chi connectivity index (χ4v) is 3.24. The van der Waals surface area contributed by atoms with E-state index >= 15 is 0 Å². The molecule has 21 heavy (non-hydrogen) atoms. The van der Waals surface area contributed by atoms with Crippen LogP contribution < -0.4 is 0 Å². The molecule has 1 aliphatic rings. The number of rotatable bonds is 4. The van der Waals surface area contributed by atoms with Crippen molar-refractivity contribution in [3.63, 3.8) is 0 Å². The van der Waals surface area contributed by atoms with Gasteiger partial charge in [-0.25, -0.2) is 0 Å². The number of pyridine rings is 1. The van der Waals surface area contributed by atoms with Crippen molar-refractivity contribution in [1.82, 2.24) is 9.88 Å². The molecule has 1 saturated heterocycles. The summed E-state index contributed by atoms with van der Waals surface area (Å²) >= 11 is 0. The van der Waals surface area contributed by atoms with E-state index in [0.29, 0.717) is 0 Å². The van der Waals surface area contributed by atoms with Crippen LogP contribution in [-0.2, 0) is 11.3 Å². The number of fused-ring (bicyclic) bond motifs is 1. The number of likely N-dealkylation sites (tertiary alicyclic amines) is 1.